The van der Waals surface area contributed by atoms with Gasteiger partial charge in [-0.15, -0.1) is 11.8 Å². The van der Waals surface area contributed by atoms with E-state index in [4.69, 9.17) is 11.6 Å². The summed E-state index contributed by atoms with van der Waals surface area (Å²) in [6.07, 6.45) is 3.63. The third kappa shape index (κ3) is 2.53. The van der Waals surface area contributed by atoms with Crippen LogP contribution in [0.2, 0.25) is 5.02 Å². The highest BCUT2D eigenvalue weighted by atomic mass is 35.5. The van der Waals surface area contributed by atoms with Gasteiger partial charge < -0.3 is 0 Å². The molecule has 19 heavy (non-hydrogen) atoms. The first-order valence-electron chi connectivity index (χ1n) is 6.08. The monoisotopic (exact) mass is 289 g/mol. The van der Waals surface area contributed by atoms with Gasteiger partial charge in [0.2, 0.25) is 0 Å². The van der Waals surface area contributed by atoms with E-state index in [0.29, 0.717) is 11.4 Å². The number of rotatable bonds is 3. The SMILES string of the molecule is O=C(Cc1ccncc1Cl)C1CSc2ccccc21. The molecule has 1 aliphatic rings. The molecule has 4 heteroatoms. The molecule has 1 aromatic heterocycles. The minimum absolute atomic E-state index is 0.00886. The second-order valence-electron chi connectivity index (χ2n) is 4.51. The summed E-state index contributed by atoms with van der Waals surface area (Å²) >= 11 is 7.81. The zero-order valence-corrected chi connectivity index (χ0v) is 11.7. The Labute approximate surface area is 121 Å². The zero-order valence-electron chi connectivity index (χ0n) is 10.2. The number of hydrogen-bond acceptors (Lipinski definition) is 3. The average molecular weight is 290 g/mol. The number of hydrogen-bond donors (Lipinski definition) is 0. The predicted octanol–water partition coefficient (Wildman–Crippen LogP) is 3.74. The highest BCUT2D eigenvalue weighted by Gasteiger charge is 2.28. The Kier molecular flexibility index (Phi) is 3.58. The van der Waals surface area contributed by atoms with Crippen LogP contribution in [0, 0.1) is 0 Å². The second kappa shape index (κ2) is 5.35. The van der Waals surface area contributed by atoms with Crippen LogP contribution >= 0.6 is 23.4 Å². The molecule has 0 saturated carbocycles. The van der Waals surface area contributed by atoms with Gasteiger partial charge in [0.15, 0.2) is 0 Å². The number of nitrogens with zero attached hydrogens (tertiary/aromatic N) is 1. The van der Waals surface area contributed by atoms with E-state index in [-0.39, 0.29) is 11.7 Å². The van der Waals surface area contributed by atoms with E-state index in [2.05, 4.69) is 11.1 Å². The smallest absolute Gasteiger partial charge is 0.145 e. The van der Waals surface area contributed by atoms with Gasteiger partial charge in [0.25, 0.3) is 0 Å². The molecule has 0 bridgehead atoms. The Hall–Kier alpha value is -1.32. The molecule has 1 atom stereocenters. The fourth-order valence-corrected chi connectivity index (χ4v) is 3.74. The maximum Gasteiger partial charge on any atom is 0.145 e. The zero-order chi connectivity index (χ0) is 13.2. The van der Waals surface area contributed by atoms with E-state index < -0.39 is 0 Å². The number of halogens is 1. The summed E-state index contributed by atoms with van der Waals surface area (Å²) in [5.74, 6) is 1.05. The van der Waals surface area contributed by atoms with Crippen molar-refractivity contribution in [1.82, 2.24) is 4.98 Å². The third-order valence-electron chi connectivity index (χ3n) is 3.31. The molecule has 0 aliphatic carbocycles. The van der Waals surface area contributed by atoms with E-state index in [1.165, 1.54) is 4.90 Å². The average Bonchev–Trinajstić information content (AvgIpc) is 2.85. The van der Waals surface area contributed by atoms with Crippen LogP contribution in [0.4, 0.5) is 0 Å². The van der Waals surface area contributed by atoms with Gasteiger partial charge in [0.05, 0.1) is 10.9 Å². The molecule has 0 spiro atoms. The summed E-state index contributed by atoms with van der Waals surface area (Å²) in [5, 5.41) is 0.565. The van der Waals surface area contributed by atoms with Crippen LogP contribution < -0.4 is 0 Å². The van der Waals surface area contributed by atoms with Crippen molar-refractivity contribution in [3.8, 4) is 0 Å². The molecule has 2 heterocycles. The molecule has 96 valence electrons. The molecule has 1 aliphatic heterocycles. The number of carbonyl (C=O) groups is 1. The lowest BCUT2D eigenvalue weighted by atomic mass is 9.93. The fraction of sp³-hybridized carbons (Fsp3) is 0.200. The number of ketones is 1. The first kappa shape index (κ1) is 12.7. The maximum absolute atomic E-state index is 12.4. The fourth-order valence-electron chi connectivity index (χ4n) is 2.29. The summed E-state index contributed by atoms with van der Waals surface area (Å²) in [6, 6.07) is 9.94. The molecule has 0 amide bonds. The Bertz CT molecular complexity index is 629. The number of aromatic nitrogens is 1. The molecule has 1 aromatic carbocycles. The first-order valence-corrected chi connectivity index (χ1v) is 7.45. The van der Waals surface area contributed by atoms with Crippen LogP contribution in [-0.2, 0) is 11.2 Å². The molecular formula is C15H12ClNOS. The van der Waals surface area contributed by atoms with Crippen molar-refractivity contribution in [2.75, 3.05) is 5.75 Å². The molecule has 1 unspecified atom stereocenters. The quantitative estimate of drug-likeness (QED) is 0.862. The minimum atomic E-state index is -0.00886. The van der Waals surface area contributed by atoms with E-state index in [1.54, 1.807) is 24.2 Å². The molecule has 0 saturated heterocycles. The Morgan fingerprint density at radius 2 is 2.21 bits per heavy atom. The number of fused-ring (bicyclic) bond motifs is 1. The summed E-state index contributed by atoms with van der Waals surface area (Å²) in [7, 11) is 0. The lowest BCUT2D eigenvalue weighted by Gasteiger charge is -2.10. The van der Waals surface area contributed by atoms with Gasteiger partial charge in [-0.2, -0.15) is 0 Å². The van der Waals surface area contributed by atoms with E-state index in [9.17, 15) is 4.79 Å². The van der Waals surface area contributed by atoms with E-state index in [0.717, 1.165) is 16.9 Å². The first-order chi connectivity index (χ1) is 9.25. The highest BCUT2D eigenvalue weighted by molar-refractivity contribution is 7.99. The summed E-state index contributed by atoms with van der Waals surface area (Å²) in [5.41, 5.74) is 2.01. The molecule has 0 fully saturated rings. The van der Waals surface area contributed by atoms with Crippen molar-refractivity contribution < 1.29 is 4.79 Å². The molecule has 0 N–H and O–H groups in total. The molecular weight excluding hydrogens is 278 g/mol. The van der Waals surface area contributed by atoms with E-state index in [1.807, 2.05) is 24.3 Å². The van der Waals surface area contributed by atoms with Gasteiger partial charge in [0.1, 0.15) is 5.78 Å². The van der Waals surface area contributed by atoms with Crippen molar-refractivity contribution in [2.24, 2.45) is 0 Å². The third-order valence-corrected chi connectivity index (χ3v) is 4.83. The lowest BCUT2D eigenvalue weighted by Crippen LogP contribution is -2.15. The Morgan fingerprint density at radius 3 is 3.05 bits per heavy atom. The molecule has 2 aromatic rings. The number of pyridine rings is 1. The largest absolute Gasteiger partial charge is 0.299 e. The molecule has 3 rings (SSSR count). The van der Waals surface area contributed by atoms with Crippen LogP contribution in [0.15, 0.2) is 47.6 Å². The summed E-state index contributed by atoms with van der Waals surface area (Å²) in [4.78, 5) is 17.6. The maximum atomic E-state index is 12.4. The van der Waals surface area contributed by atoms with Gasteiger partial charge in [-0.3, -0.25) is 9.78 Å². The predicted molar refractivity (Wildman–Crippen MR) is 77.9 cm³/mol. The topological polar surface area (TPSA) is 30.0 Å². The highest BCUT2D eigenvalue weighted by Crippen LogP contribution is 2.40. The summed E-state index contributed by atoms with van der Waals surface area (Å²) in [6.45, 7) is 0. The van der Waals surface area contributed by atoms with E-state index >= 15 is 0 Å². The van der Waals surface area contributed by atoms with Gasteiger partial charge in [-0.1, -0.05) is 29.8 Å². The van der Waals surface area contributed by atoms with Crippen molar-refractivity contribution >= 4 is 29.1 Å². The van der Waals surface area contributed by atoms with Gasteiger partial charge in [-0.05, 0) is 23.3 Å². The Balaban J connectivity index is 1.81. The number of benzene rings is 1. The standard InChI is InChI=1S/C15H12ClNOS/c16-13-8-17-6-5-10(13)7-14(18)12-9-19-15-4-2-1-3-11(12)15/h1-6,8,12H,7,9H2. The van der Waals surface area contributed by atoms with Crippen molar-refractivity contribution in [3.63, 3.8) is 0 Å². The van der Waals surface area contributed by atoms with Gasteiger partial charge >= 0.3 is 0 Å². The normalized spacial score (nSPS) is 17.2. The summed E-state index contributed by atoms with van der Waals surface area (Å²) < 4.78 is 0. The van der Waals surface area contributed by atoms with Crippen molar-refractivity contribution in [2.45, 2.75) is 17.2 Å². The van der Waals surface area contributed by atoms with Crippen LogP contribution in [0.5, 0.6) is 0 Å². The van der Waals surface area contributed by atoms with Crippen LogP contribution in [-0.4, -0.2) is 16.5 Å². The van der Waals surface area contributed by atoms with Crippen LogP contribution in [0.3, 0.4) is 0 Å². The molecule has 0 radical (unpaired) electrons. The Morgan fingerprint density at radius 1 is 1.37 bits per heavy atom. The van der Waals surface area contributed by atoms with Crippen LogP contribution in [0.1, 0.15) is 17.0 Å². The van der Waals surface area contributed by atoms with Gasteiger partial charge in [-0.25, -0.2) is 0 Å². The minimum Gasteiger partial charge on any atom is -0.299 e. The van der Waals surface area contributed by atoms with Crippen molar-refractivity contribution in [3.05, 3.63) is 58.9 Å². The molecule has 2 nitrogen and oxygen atoms in total. The lowest BCUT2D eigenvalue weighted by molar-refractivity contribution is -0.119. The van der Waals surface area contributed by atoms with Gasteiger partial charge in [0, 0.05) is 29.5 Å². The number of thioether (sulfide) groups is 1. The number of Topliss-reactive ketones (excluding diaryl/α,β-unsaturated/α-hetero) is 1. The van der Waals surface area contributed by atoms with Crippen LogP contribution in [0.25, 0.3) is 0 Å². The number of carbonyl (C=O) groups excluding carboxylic acids is 1. The van der Waals surface area contributed by atoms with Crippen molar-refractivity contribution in [1.29, 1.82) is 0 Å². The second-order valence-corrected chi connectivity index (χ2v) is 5.98.